The van der Waals surface area contributed by atoms with E-state index in [0.29, 0.717) is 17.3 Å². The molecule has 1 N–H and O–H groups in total. The van der Waals surface area contributed by atoms with Crippen LogP contribution in [-0.2, 0) is 13.0 Å². The number of hydrogen-bond acceptors (Lipinski definition) is 4. The molecular weight excluding hydrogens is 436 g/mol. The van der Waals surface area contributed by atoms with Crippen molar-refractivity contribution in [2.75, 3.05) is 20.1 Å². The van der Waals surface area contributed by atoms with Gasteiger partial charge in [-0.05, 0) is 54.4 Å². The third kappa shape index (κ3) is 4.61. The molecule has 0 radical (unpaired) electrons. The molecule has 1 atom stereocenters. The largest absolute Gasteiger partial charge is 0.464 e. The molecule has 0 saturated heterocycles. The zero-order valence-electron chi connectivity index (χ0n) is 18.4. The van der Waals surface area contributed by atoms with Gasteiger partial charge in [0.05, 0.1) is 11.3 Å². The van der Waals surface area contributed by atoms with E-state index < -0.39 is 6.09 Å². The summed E-state index contributed by atoms with van der Waals surface area (Å²) in [5.41, 5.74) is 5.48. The van der Waals surface area contributed by atoms with Crippen molar-refractivity contribution in [3.05, 3.63) is 100 Å². The van der Waals surface area contributed by atoms with Crippen LogP contribution in [0, 0.1) is 0 Å². The molecule has 0 bridgehead atoms. The number of fused-ring (bicyclic) bond motifs is 2. The van der Waals surface area contributed by atoms with Crippen LogP contribution in [0.25, 0.3) is 11.3 Å². The number of ether oxygens (including phenoxy) is 1. The first-order chi connectivity index (χ1) is 16.1. The Balaban J connectivity index is 1.44. The van der Waals surface area contributed by atoms with E-state index in [4.69, 9.17) is 20.8 Å². The molecule has 5 rings (SSSR count). The lowest BCUT2D eigenvalue weighted by molar-refractivity contribution is 0.200. The number of halogens is 1. The zero-order valence-corrected chi connectivity index (χ0v) is 19.1. The minimum atomic E-state index is -0.531. The Morgan fingerprint density at radius 2 is 1.97 bits per heavy atom. The summed E-state index contributed by atoms with van der Waals surface area (Å²) in [6, 6.07) is 21.7. The first-order valence-corrected chi connectivity index (χ1v) is 11.4. The van der Waals surface area contributed by atoms with Crippen molar-refractivity contribution in [2.24, 2.45) is 0 Å². The van der Waals surface area contributed by atoms with Gasteiger partial charge in [0.2, 0.25) is 0 Å². The second kappa shape index (κ2) is 9.30. The van der Waals surface area contributed by atoms with Crippen molar-refractivity contribution in [1.82, 2.24) is 10.2 Å². The Kier molecular flexibility index (Phi) is 6.07. The molecule has 6 heteroatoms. The van der Waals surface area contributed by atoms with Gasteiger partial charge < -0.3 is 19.4 Å². The molecule has 5 nitrogen and oxygen atoms in total. The van der Waals surface area contributed by atoms with Crippen LogP contribution in [0.5, 0.6) is 5.75 Å². The van der Waals surface area contributed by atoms with Gasteiger partial charge in [-0.25, -0.2) is 4.79 Å². The van der Waals surface area contributed by atoms with Gasteiger partial charge in [-0.15, -0.1) is 0 Å². The van der Waals surface area contributed by atoms with Gasteiger partial charge in [0.15, 0.2) is 5.75 Å². The number of nitrogens with zero attached hydrogens (tertiary/aromatic N) is 1. The maximum absolute atomic E-state index is 12.5. The van der Waals surface area contributed by atoms with Crippen LogP contribution in [0.15, 0.2) is 77.4 Å². The Bertz CT molecular complexity index is 1240. The second-order valence-electron chi connectivity index (χ2n) is 8.46. The number of benzene rings is 2. The van der Waals surface area contributed by atoms with Gasteiger partial charge in [-0.3, -0.25) is 0 Å². The molecular formula is C27H25ClN2O3. The number of hydrogen-bond donors (Lipinski definition) is 1. The van der Waals surface area contributed by atoms with Gasteiger partial charge in [0.25, 0.3) is 0 Å². The van der Waals surface area contributed by atoms with Crippen LogP contribution in [0.3, 0.4) is 0 Å². The fraction of sp³-hybridized carbons (Fsp3) is 0.222. The summed E-state index contributed by atoms with van der Waals surface area (Å²) < 4.78 is 11.5. The maximum Gasteiger partial charge on any atom is 0.412 e. The molecule has 3 aliphatic rings. The van der Waals surface area contributed by atoms with Gasteiger partial charge in [-0.1, -0.05) is 54.1 Å². The predicted molar refractivity (Wildman–Crippen MR) is 129 cm³/mol. The third-order valence-corrected chi connectivity index (χ3v) is 6.49. The van der Waals surface area contributed by atoms with Crippen molar-refractivity contribution in [3.8, 4) is 17.1 Å². The highest BCUT2D eigenvalue weighted by molar-refractivity contribution is 6.32. The summed E-state index contributed by atoms with van der Waals surface area (Å²) in [5, 5.41) is 3.23. The predicted octanol–water partition coefficient (Wildman–Crippen LogP) is 5.95. The number of nitrogens with one attached hydrogen (secondary N) is 1. The standard InChI is InChI=1S/C27H25ClN2O3/c1-30-12-11-20-14-24(28)25(33-27(31)29-16-18-6-3-2-4-7-18)15-22(20)23(17-30)21-10-9-19-8-5-13-32-26(19)21/h2-10,13-15,23H,11-12,16-17H2,1H3,(H,29,31). The Morgan fingerprint density at radius 1 is 1.12 bits per heavy atom. The summed E-state index contributed by atoms with van der Waals surface area (Å²) in [5.74, 6) is 1.33. The third-order valence-electron chi connectivity index (χ3n) is 6.19. The normalized spacial score (nSPS) is 16.2. The first kappa shape index (κ1) is 21.6. The van der Waals surface area contributed by atoms with E-state index in [-0.39, 0.29) is 5.92 Å². The average molecular weight is 461 g/mol. The number of rotatable bonds is 4. The summed E-state index contributed by atoms with van der Waals surface area (Å²) in [4.78, 5) is 14.8. The van der Waals surface area contributed by atoms with E-state index in [0.717, 1.165) is 53.1 Å². The molecule has 0 fully saturated rings. The number of carbonyl (C=O) groups is 1. The van der Waals surface area contributed by atoms with Crippen LogP contribution >= 0.6 is 11.6 Å². The highest BCUT2D eigenvalue weighted by Gasteiger charge is 2.29. The van der Waals surface area contributed by atoms with Crippen molar-refractivity contribution in [1.29, 1.82) is 0 Å². The molecule has 1 unspecified atom stereocenters. The number of carbonyl (C=O) groups excluding carboxylic acids is 1. The lowest BCUT2D eigenvalue weighted by Gasteiger charge is -2.22. The van der Waals surface area contributed by atoms with Crippen LogP contribution in [0.2, 0.25) is 5.02 Å². The Morgan fingerprint density at radius 3 is 2.82 bits per heavy atom. The maximum atomic E-state index is 12.5. The lowest BCUT2D eigenvalue weighted by atomic mass is 9.88. The SMILES string of the molecule is CN1CCc2cc(Cl)c(OC(=O)NCc3ccccc3)cc2C(c2ccc3cccoc2-3)C1. The van der Waals surface area contributed by atoms with Crippen LogP contribution in [-0.4, -0.2) is 31.1 Å². The highest BCUT2D eigenvalue weighted by Crippen LogP contribution is 2.41. The van der Waals surface area contributed by atoms with E-state index in [2.05, 4.69) is 35.5 Å². The highest BCUT2D eigenvalue weighted by atomic mass is 35.5. The molecule has 33 heavy (non-hydrogen) atoms. The Labute approximate surface area is 198 Å². The summed E-state index contributed by atoms with van der Waals surface area (Å²) in [6.07, 6.45) is 2.05. The van der Waals surface area contributed by atoms with E-state index in [1.54, 1.807) is 6.26 Å². The molecule has 0 saturated carbocycles. The Hall–Kier alpha value is -3.28. The van der Waals surface area contributed by atoms with Gasteiger partial charge >= 0.3 is 6.09 Å². The van der Waals surface area contributed by atoms with Crippen molar-refractivity contribution >= 4 is 17.7 Å². The summed E-state index contributed by atoms with van der Waals surface area (Å²) in [6.45, 7) is 2.14. The number of likely N-dealkylation sites (N-methyl/N-ethyl adjacent to an activating group) is 1. The smallest absolute Gasteiger partial charge is 0.412 e. The summed E-state index contributed by atoms with van der Waals surface area (Å²) >= 11 is 6.54. The minimum Gasteiger partial charge on any atom is -0.464 e. The molecule has 2 heterocycles. The van der Waals surface area contributed by atoms with Gasteiger partial charge in [0.1, 0.15) is 5.76 Å². The fourth-order valence-electron chi connectivity index (χ4n) is 4.50. The number of amides is 1. The van der Waals surface area contributed by atoms with Gasteiger partial charge in [0, 0.05) is 36.7 Å². The zero-order chi connectivity index (χ0) is 22.8. The summed E-state index contributed by atoms with van der Waals surface area (Å²) in [7, 11) is 2.12. The molecule has 0 aromatic heterocycles. The molecule has 0 spiro atoms. The van der Waals surface area contributed by atoms with Crippen LogP contribution < -0.4 is 10.1 Å². The van der Waals surface area contributed by atoms with Crippen molar-refractivity contribution in [2.45, 2.75) is 18.9 Å². The fourth-order valence-corrected chi connectivity index (χ4v) is 4.73. The molecule has 1 amide bonds. The van der Waals surface area contributed by atoms with Crippen molar-refractivity contribution < 1.29 is 13.9 Å². The first-order valence-electron chi connectivity index (χ1n) is 11.0. The van der Waals surface area contributed by atoms with Crippen molar-refractivity contribution in [3.63, 3.8) is 0 Å². The van der Waals surface area contributed by atoms with Gasteiger partial charge in [-0.2, -0.15) is 0 Å². The molecule has 2 aromatic rings. The molecule has 1 aliphatic carbocycles. The lowest BCUT2D eigenvalue weighted by Crippen LogP contribution is -2.26. The molecule has 2 aliphatic heterocycles. The molecule has 168 valence electrons. The second-order valence-corrected chi connectivity index (χ2v) is 8.87. The van der Waals surface area contributed by atoms with Crippen LogP contribution in [0.4, 0.5) is 4.79 Å². The topological polar surface area (TPSA) is 54.7 Å². The van der Waals surface area contributed by atoms with E-state index in [1.807, 2.05) is 48.5 Å². The van der Waals surface area contributed by atoms with E-state index in [9.17, 15) is 4.79 Å². The van der Waals surface area contributed by atoms with E-state index >= 15 is 0 Å². The minimum absolute atomic E-state index is 0.0724. The quantitative estimate of drug-likeness (QED) is 0.409. The average Bonchev–Trinajstić information content (AvgIpc) is 3.19. The van der Waals surface area contributed by atoms with E-state index in [1.165, 1.54) is 0 Å². The van der Waals surface area contributed by atoms with Crippen LogP contribution in [0.1, 0.15) is 28.2 Å². The molecule has 2 aromatic carbocycles. The monoisotopic (exact) mass is 460 g/mol.